The summed E-state index contributed by atoms with van der Waals surface area (Å²) in [6, 6.07) is 0. The molecule has 2 nitrogen and oxygen atoms in total. The molecule has 0 radical (unpaired) electrons. The SMILES string of the molecule is CO[C@]12CC[C@]3(C1)C(=CC2=O)CCC3C. The summed E-state index contributed by atoms with van der Waals surface area (Å²) < 4.78 is 5.54. The van der Waals surface area contributed by atoms with Crippen molar-refractivity contribution in [3.8, 4) is 0 Å². The number of hydrogen-bond acceptors (Lipinski definition) is 2. The van der Waals surface area contributed by atoms with Gasteiger partial charge in [0.2, 0.25) is 0 Å². The molecule has 3 aliphatic carbocycles. The Labute approximate surface area is 90.7 Å². The fraction of sp³-hybridized carbons (Fsp3) is 0.769. The van der Waals surface area contributed by atoms with Gasteiger partial charge in [-0.3, -0.25) is 4.79 Å². The molecular weight excluding hydrogens is 188 g/mol. The predicted molar refractivity (Wildman–Crippen MR) is 57.5 cm³/mol. The minimum Gasteiger partial charge on any atom is -0.370 e. The van der Waals surface area contributed by atoms with Crippen molar-refractivity contribution >= 4 is 5.78 Å². The molecule has 0 N–H and O–H groups in total. The summed E-state index contributed by atoms with van der Waals surface area (Å²) in [7, 11) is 1.69. The van der Waals surface area contributed by atoms with Gasteiger partial charge in [-0.05, 0) is 49.5 Å². The summed E-state index contributed by atoms with van der Waals surface area (Å²) in [5.74, 6) is 0.955. The fourth-order valence-corrected chi connectivity index (χ4v) is 4.01. The van der Waals surface area contributed by atoms with Gasteiger partial charge in [-0.25, -0.2) is 0 Å². The van der Waals surface area contributed by atoms with Crippen molar-refractivity contribution in [3.63, 3.8) is 0 Å². The fourth-order valence-electron chi connectivity index (χ4n) is 4.01. The molecule has 2 fully saturated rings. The molecule has 1 spiro atoms. The molecule has 3 aliphatic rings. The van der Waals surface area contributed by atoms with Crippen LogP contribution in [0.4, 0.5) is 0 Å². The summed E-state index contributed by atoms with van der Waals surface area (Å²) in [6.45, 7) is 2.34. The molecule has 0 aliphatic heterocycles. The number of rotatable bonds is 1. The monoisotopic (exact) mass is 206 g/mol. The maximum Gasteiger partial charge on any atom is 0.187 e. The van der Waals surface area contributed by atoms with Gasteiger partial charge in [0.15, 0.2) is 5.78 Å². The van der Waals surface area contributed by atoms with Crippen molar-refractivity contribution in [3.05, 3.63) is 11.6 Å². The minimum atomic E-state index is -0.456. The van der Waals surface area contributed by atoms with E-state index in [4.69, 9.17) is 4.74 Å². The van der Waals surface area contributed by atoms with E-state index in [1.54, 1.807) is 7.11 Å². The molecule has 2 bridgehead atoms. The number of allylic oxidation sites excluding steroid dienone is 1. The van der Waals surface area contributed by atoms with E-state index in [0.717, 1.165) is 31.6 Å². The second kappa shape index (κ2) is 2.73. The zero-order valence-corrected chi connectivity index (χ0v) is 9.51. The Bertz CT molecular complexity index is 358. The number of methoxy groups -OCH3 is 1. The molecule has 0 saturated heterocycles. The van der Waals surface area contributed by atoms with Crippen molar-refractivity contribution in [2.24, 2.45) is 11.3 Å². The van der Waals surface area contributed by atoms with E-state index in [1.807, 2.05) is 6.08 Å². The second-order valence-corrected chi connectivity index (χ2v) is 5.50. The molecule has 15 heavy (non-hydrogen) atoms. The molecule has 0 heterocycles. The van der Waals surface area contributed by atoms with Gasteiger partial charge in [0.05, 0.1) is 0 Å². The van der Waals surface area contributed by atoms with Crippen LogP contribution in [-0.4, -0.2) is 18.5 Å². The highest BCUT2D eigenvalue weighted by atomic mass is 16.5. The Hall–Kier alpha value is -0.630. The van der Waals surface area contributed by atoms with Gasteiger partial charge in [0.25, 0.3) is 0 Å². The molecule has 0 aromatic carbocycles. The van der Waals surface area contributed by atoms with E-state index in [2.05, 4.69) is 6.92 Å². The lowest BCUT2D eigenvalue weighted by Gasteiger charge is -2.37. The topological polar surface area (TPSA) is 26.3 Å². The third-order valence-corrected chi connectivity index (χ3v) is 5.15. The Morgan fingerprint density at radius 1 is 1.47 bits per heavy atom. The van der Waals surface area contributed by atoms with Crippen molar-refractivity contribution in [2.45, 2.75) is 44.6 Å². The highest BCUT2D eigenvalue weighted by Crippen LogP contribution is 2.63. The molecule has 0 aromatic rings. The van der Waals surface area contributed by atoms with E-state index >= 15 is 0 Å². The highest BCUT2D eigenvalue weighted by molar-refractivity contribution is 5.99. The molecule has 3 rings (SSSR count). The predicted octanol–water partition coefficient (Wildman–Crippen LogP) is 2.48. The average molecular weight is 206 g/mol. The average Bonchev–Trinajstić information content (AvgIpc) is 2.74. The lowest BCUT2D eigenvalue weighted by Crippen LogP contribution is -2.42. The first-order valence-electron chi connectivity index (χ1n) is 5.94. The summed E-state index contributed by atoms with van der Waals surface area (Å²) in [6.07, 6.45) is 7.31. The van der Waals surface area contributed by atoms with Crippen molar-refractivity contribution in [1.29, 1.82) is 0 Å². The molecule has 2 saturated carbocycles. The Morgan fingerprint density at radius 2 is 2.27 bits per heavy atom. The summed E-state index contributed by atoms with van der Waals surface area (Å²) in [5.41, 5.74) is 1.29. The number of ketones is 1. The van der Waals surface area contributed by atoms with Gasteiger partial charge in [-0.2, -0.15) is 0 Å². The lowest BCUT2D eigenvalue weighted by atomic mass is 9.70. The van der Waals surface area contributed by atoms with E-state index < -0.39 is 5.60 Å². The number of carbonyl (C=O) groups excluding carboxylic acids is 1. The zero-order valence-electron chi connectivity index (χ0n) is 9.51. The molecule has 82 valence electrons. The van der Waals surface area contributed by atoms with Crippen LogP contribution in [-0.2, 0) is 9.53 Å². The molecule has 2 heteroatoms. The quantitative estimate of drug-likeness (QED) is 0.659. The van der Waals surface area contributed by atoms with Crippen LogP contribution < -0.4 is 0 Å². The van der Waals surface area contributed by atoms with E-state index in [9.17, 15) is 4.79 Å². The van der Waals surface area contributed by atoms with E-state index in [-0.39, 0.29) is 5.78 Å². The standard InChI is InChI=1S/C13H18O2/c1-9-3-4-10-7-11(14)13(15-2)6-5-12(9,10)8-13/h7,9H,3-6,8H2,1-2H3/t9?,12-,13-/m1/s1. The van der Waals surface area contributed by atoms with E-state index in [1.165, 1.54) is 12.0 Å². The van der Waals surface area contributed by atoms with Gasteiger partial charge < -0.3 is 4.74 Å². The van der Waals surface area contributed by atoms with Crippen molar-refractivity contribution in [1.82, 2.24) is 0 Å². The van der Waals surface area contributed by atoms with Gasteiger partial charge >= 0.3 is 0 Å². The van der Waals surface area contributed by atoms with Gasteiger partial charge in [-0.1, -0.05) is 12.5 Å². The second-order valence-electron chi connectivity index (χ2n) is 5.50. The molecule has 0 aromatic heterocycles. The molecular formula is C13H18O2. The van der Waals surface area contributed by atoms with Crippen LogP contribution >= 0.6 is 0 Å². The molecule has 0 amide bonds. The number of fused-ring (bicyclic) bond motifs is 1. The van der Waals surface area contributed by atoms with Crippen LogP contribution in [0.3, 0.4) is 0 Å². The minimum absolute atomic E-state index is 0.224. The first-order valence-corrected chi connectivity index (χ1v) is 5.94. The smallest absolute Gasteiger partial charge is 0.187 e. The van der Waals surface area contributed by atoms with Gasteiger partial charge in [0.1, 0.15) is 5.60 Å². The van der Waals surface area contributed by atoms with Crippen LogP contribution in [0.15, 0.2) is 11.6 Å². The maximum atomic E-state index is 12.0. The lowest BCUT2D eigenvalue weighted by molar-refractivity contribution is -0.137. The normalized spacial score (nSPS) is 48.0. The summed E-state index contributed by atoms with van der Waals surface area (Å²) in [5, 5.41) is 0. The highest BCUT2D eigenvalue weighted by Gasteiger charge is 2.60. The van der Waals surface area contributed by atoms with Gasteiger partial charge in [0, 0.05) is 7.11 Å². The summed E-state index contributed by atoms with van der Waals surface area (Å²) in [4.78, 5) is 12.0. The third-order valence-electron chi connectivity index (χ3n) is 5.15. The van der Waals surface area contributed by atoms with Crippen LogP contribution in [0.2, 0.25) is 0 Å². The molecule has 3 atom stereocenters. The van der Waals surface area contributed by atoms with Gasteiger partial charge in [-0.15, -0.1) is 0 Å². The van der Waals surface area contributed by atoms with Crippen LogP contribution in [0.1, 0.15) is 39.0 Å². The molecule has 1 unspecified atom stereocenters. The van der Waals surface area contributed by atoms with E-state index in [0.29, 0.717) is 5.41 Å². The first-order chi connectivity index (χ1) is 7.13. The Kier molecular flexibility index (Phi) is 1.75. The summed E-state index contributed by atoms with van der Waals surface area (Å²) >= 11 is 0. The number of carbonyl (C=O) groups is 1. The van der Waals surface area contributed by atoms with Crippen LogP contribution in [0.25, 0.3) is 0 Å². The van der Waals surface area contributed by atoms with Crippen LogP contribution in [0.5, 0.6) is 0 Å². The number of ether oxygens (including phenoxy) is 1. The van der Waals surface area contributed by atoms with Crippen molar-refractivity contribution in [2.75, 3.05) is 7.11 Å². The zero-order chi connectivity index (χ0) is 10.7. The Balaban J connectivity index is 2.11. The number of hydrogen-bond donors (Lipinski definition) is 0. The maximum absolute atomic E-state index is 12.0. The van der Waals surface area contributed by atoms with Crippen molar-refractivity contribution < 1.29 is 9.53 Å². The van der Waals surface area contributed by atoms with Crippen LogP contribution in [0, 0.1) is 11.3 Å². The Morgan fingerprint density at radius 3 is 3.00 bits per heavy atom. The largest absolute Gasteiger partial charge is 0.370 e. The first kappa shape index (κ1) is 9.59. The third kappa shape index (κ3) is 0.963.